The molecular weight excluding hydrogens is 264 g/mol. The van der Waals surface area contributed by atoms with Crippen LogP contribution in [0.2, 0.25) is 0 Å². The topological polar surface area (TPSA) is 81.4 Å². The molecule has 1 saturated carbocycles. The number of ether oxygens (including phenoxy) is 1. The highest BCUT2D eigenvalue weighted by atomic mass is 32.2. The molecule has 0 spiro atoms. The minimum absolute atomic E-state index is 0.154. The number of rotatable bonds is 4. The summed E-state index contributed by atoms with van der Waals surface area (Å²) in [4.78, 5) is 0.171. The fraction of sp³-hybridized carbons (Fsp3) is 0.538. The van der Waals surface area contributed by atoms with E-state index >= 15 is 0 Å². The first-order valence-corrected chi connectivity index (χ1v) is 8.20. The summed E-state index contributed by atoms with van der Waals surface area (Å²) in [5, 5.41) is 3.31. The van der Waals surface area contributed by atoms with Crippen LogP contribution in [0.5, 0.6) is 0 Å². The van der Waals surface area contributed by atoms with E-state index in [0.29, 0.717) is 5.69 Å². The Labute approximate surface area is 114 Å². The third-order valence-corrected chi connectivity index (χ3v) is 4.72. The van der Waals surface area contributed by atoms with Gasteiger partial charge in [0.05, 0.1) is 28.4 Å². The Kier molecular flexibility index (Phi) is 4.01. The predicted octanol–water partition coefficient (Wildman–Crippen LogP) is 1.65. The minimum Gasteiger partial charge on any atom is -0.396 e. The Bertz CT molecular complexity index is 557. The molecule has 106 valence electrons. The van der Waals surface area contributed by atoms with Crippen molar-refractivity contribution in [2.75, 3.05) is 24.4 Å². The predicted molar refractivity (Wildman–Crippen MR) is 76.0 cm³/mol. The highest BCUT2D eigenvalue weighted by Crippen LogP contribution is 2.31. The van der Waals surface area contributed by atoms with Crippen molar-refractivity contribution in [3.63, 3.8) is 0 Å². The van der Waals surface area contributed by atoms with E-state index < -0.39 is 9.84 Å². The highest BCUT2D eigenvalue weighted by Gasteiger charge is 2.27. The average molecular weight is 284 g/mol. The fourth-order valence-electron chi connectivity index (χ4n) is 2.57. The maximum Gasteiger partial charge on any atom is 0.177 e. The van der Waals surface area contributed by atoms with Crippen molar-refractivity contribution in [1.29, 1.82) is 0 Å². The molecule has 0 saturated heterocycles. The van der Waals surface area contributed by atoms with Crippen LogP contribution in [0, 0.1) is 0 Å². The molecule has 2 atom stereocenters. The van der Waals surface area contributed by atoms with Crippen molar-refractivity contribution in [3.8, 4) is 0 Å². The number of nitrogens with one attached hydrogen (secondary N) is 1. The van der Waals surface area contributed by atoms with Gasteiger partial charge < -0.3 is 15.8 Å². The van der Waals surface area contributed by atoms with Gasteiger partial charge in [-0.15, -0.1) is 0 Å². The molecule has 0 radical (unpaired) electrons. The number of hydrogen-bond donors (Lipinski definition) is 2. The van der Waals surface area contributed by atoms with E-state index in [-0.39, 0.29) is 22.7 Å². The van der Waals surface area contributed by atoms with Crippen molar-refractivity contribution in [2.24, 2.45) is 0 Å². The monoisotopic (exact) mass is 284 g/mol. The van der Waals surface area contributed by atoms with Crippen LogP contribution in [0.1, 0.15) is 19.3 Å². The van der Waals surface area contributed by atoms with Crippen LogP contribution in [0.15, 0.2) is 23.1 Å². The molecule has 1 aromatic carbocycles. The summed E-state index contributed by atoms with van der Waals surface area (Å²) in [5.74, 6) is 0. The molecule has 0 bridgehead atoms. The van der Waals surface area contributed by atoms with Crippen LogP contribution in [-0.2, 0) is 14.6 Å². The van der Waals surface area contributed by atoms with E-state index in [1.807, 2.05) is 0 Å². The second-order valence-electron chi connectivity index (χ2n) is 4.95. The van der Waals surface area contributed by atoms with Crippen LogP contribution in [0.3, 0.4) is 0 Å². The van der Waals surface area contributed by atoms with E-state index in [4.69, 9.17) is 10.5 Å². The van der Waals surface area contributed by atoms with Crippen molar-refractivity contribution in [2.45, 2.75) is 36.3 Å². The molecule has 3 N–H and O–H groups in total. The van der Waals surface area contributed by atoms with Crippen LogP contribution >= 0.6 is 0 Å². The largest absolute Gasteiger partial charge is 0.396 e. The first kappa shape index (κ1) is 14.1. The van der Waals surface area contributed by atoms with Crippen molar-refractivity contribution >= 4 is 21.2 Å². The lowest BCUT2D eigenvalue weighted by atomic mass is 10.2. The Morgan fingerprint density at radius 2 is 2.11 bits per heavy atom. The summed E-state index contributed by atoms with van der Waals surface area (Å²) in [7, 11) is -1.61. The number of hydrogen-bond acceptors (Lipinski definition) is 5. The Morgan fingerprint density at radius 3 is 2.74 bits per heavy atom. The lowest BCUT2D eigenvalue weighted by molar-refractivity contribution is 0.101. The number of methoxy groups -OCH3 is 1. The number of benzene rings is 1. The van der Waals surface area contributed by atoms with Crippen LogP contribution in [0.4, 0.5) is 11.4 Å². The van der Waals surface area contributed by atoms with Crippen molar-refractivity contribution < 1.29 is 13.2 Å². The van der Waals surface area contributed by atoms with E-state index in [0.717, 1.165) is 25.5 Å². The zero-order chi connectivity index (χ0) is 14.0. The summed E-state index contributed by atoms with van der Waals surface area (Å²) < 4.78 is 28.7. The molecule has 5 nitrogen and oxygen atoms in total. The molecular formula is C13H20N2O3S. The quantitative estimate of drug-likeness (QED) is 0.822. The molecule has 0 aromatic heterocycles. The van der Waals surface area contributed by atoms with E-state index in [1.165, 1.54) is 6.07 Å². The second-order valence-corrected chi connectivity index (χ2v) is 6.93. The number of para-hydroxylation sites is 1. The minimum atomic E-state index is -3.30. The van der Waals surface area contributed by atoms with Crippen LogP contribution < -0.4 is 11.1 Å². The first-order valence-electron chi connectivity index (χ1n) is 6.31. The summed E-state index contributed by atoms with van der Waals surface area (Å²) in [6, 6.07) is 5.21. The Balaban J connectivity index is 2.27. The number of anilines is 2. The summed E-state index contributed by atoms with van der Waals surface area (Å²) >= 11 is 0. The summed E-state index contributed by atoms with van der Waals surface area (Å²) in [6.07, 6.45) is 4.43. The Hall–Kier alpha value is -1.27. The van der Waals surface area contributed by atoms with E-state index in [1.54, 1.807) is 19.2 Å². The van der Waals surface area contributed by atoms with Gasteiger partial charge in [0.2, 0.25) is 0 Å². The van der Waals surface area contributed by atoms with E-state index in [9.17, 15) is 8.42 Å². The van der Waals surface area contributed by atoms with Gasteiger partial charge in [0.15, 0.2) is 9.84 Å². The van der Waals surface area contributed by atoms with Gasteiger partial charge >= 0.3 is 0 Å². The second kappa shape index (κ2) is 5.38. The molecule has 0 amide bonds. The fourth-order valence-corrected chi connectivity index (χ4v) is 3.40. The Morgan fingerprint density at radius 1 is 1.37 bits per heavy atom. The molecule has 0 aliphatic heterocycles. The zero-order valence-corrected chi connectivity index (χ0v) is 12.0. The lowest BCUT2D eigenvalue weighted by Crippen LogP contribution is -2.30. The van der Waals surface area contributed by atoms with Gasteiger partial charge in [0, 0.05) is 13.4 Å². The van der Waals surface area contributed by atoms with Crippen LogP contribution in [0.25, 0.3) is 0 Å². The normalized spacial score (nSPS) is 23.5. The average Bonchev–Trinajstić information content (AvgIpc) is 2.77. The summed E-state index contributed by atoms with van der Waals surface area (Å²) in [5.41, 5.74) is 6.90. The molecule has 2 rings (SSSR count). The SMILES string of the molecule is COC1CCCC1Nc1cccc(S(C)(=O)=O)c1N. The zero-order valence-electron chi connectivity index (χ0n) is 11.2. The van der Waals surface area contributed by atoms with Crippen LogP contribution in [-0.4, -0.2) is 33.9 Å². The third kappa shape index (κ3) is 3.01. The molecule has 6 heteroatoms. The lowest BCUT2D eigenvalue weighted by Gasteiger charge is -2.22. The molecule has 19 heavy (non-hydrogen) atoms. The van der Waals surface area contributed by atoms with Gasteiger partial charge in [-0.1, -0.05) is 6.07 Å². The maximum atomic E-state index is 11.6. The van der Waals surface area contributed by atoms with Gasteiger partial charge in [0.1, 0.15) is 0 Å². The standard InChI is InChI=1S/C13H20N2O3S/c1-18-11-7-3-5-9(11)15-10-6-4-8-12(13(10)14)19(2,16)17/h4,6,8-9,11,15H,3,5,7,14H2,1-2H3. The molecule has 1 aliphatic rings. The van der Waals surface area contributed by atoms with E-state index in [2.05, 4.69) is 5.32 Å². The molecule has 1 fully saturated rings. The first-order chi connectivity index (χ1) is 8.93. The van der Waals surface area contributed by atoms with Gasteiger partial charge in [-0.2, -0.15) is 0 Å². The maximum absolute atomic E-state index is 11.6. The van der Waals surface area contributed by atoms with Crippen molar-refractivity contribution in [3.05, 3.63) is 18.2 Å². The highest BCUT2D eigenvalue weighted by molar-refractivity contribution is 7.90. The summed E-state index contributed by atoms with van der Waals surface area (Å²) in [6.45, 7) is 0. The van der Waals surface area contributed by atoms with Gasteiger partial charge in [0.25, 0.3) is 0 Å². The number of sulfone groups is 1. The number of nitrogens with two attached hydrogens (primary N) is 1. The molecule has 1 aromatic rings. The molecule has 2 unspecified atom stereocenters. The van der Waals surface area contributed by atoms with Gasteiger partial charge in [-0.25, -0.2) is 8.42 Å². The molecule has 1 aliphatic carbocycles. The van der Waals surface area contributed by atoms with Gasteiger partial charge in [-0.05, 0) is 31.4 Å². The number of nitrogen functional groups attached to an aromatic ring is 1. The van der Waals surface area contributed by atoms with Gasteiger partial charge in [-0.3, -0.25) is 0 Å². The van der Waals surface area contributed by atoms with Crippen molar-refractivity contribution in [1.82, 2.24) is 0 Å². The smallest absolute Gasteiger partial charge is 0.177 e. The third-order valence-electron chi connectivity index (χ3n) is 3.56. The molecule has 0 heterocycles.